The fourth-order valence-electron chi connectivity index (χ4n) is 1.88. The minimum absolute atomic E-state index is 0.175. The van der Waals surface area contributed by atoms with E-state index in [1.807, 2.05) is 13.0 Å². The van der Waals surface area contributed by atoms with Crippen molar-refractivity contribution in [1.82, 2.24) is 0 Å². The second-order valence-corrected chi connectivity index (χ2v) is 6.85. The van der Waals surface area contributed by atoms with Gasteiger partial charge in [-0.05, 0) is 24.1 Å². The minimum Gasteiger partial charge on any atom is -0.322 e. The monoisotopic (exact) mass is 385 g/mol. The molecule has 1 amide bonds. The largest absolute Gasteiger partial charge is 0.322 e. The minimum atomic E-state index is -1.58. The second kappa shape index (κ2) is 8.45. The van der Waals surface area contributed by atoms with Gasteiger partial charge in [0.15, 0.2) is 17.5 Å². The lowest BCUT2D eigenvalue weighted by atomic mass is 10.2. The summed E-state index contributed by atoms with van der Waals surface area (Å²) >= 11 is 7.60. The van der Waals surface area contributed by atoms with Crippen molar-refractivity contribution in [3.8, 4) is 0 Å². The van der Waals surface area contributed by atoms with Gasteiger partial charge < -0.3 is 5.32 Å². The summed E-state index contributed by atoms with van der Waals surface area (Å²) in [6.07, 6.45) is 1.81. The van der Waals surface area contributed by atoms with E-state index in [9.17, 15) is 18.0 Å². The third-order valence-corrected chi connectivity index (χ3v) is 5.12. The molecule has 1 unspecified atom stereocenters. The van der Waals surface area contributed by atoms with Crippen LogP contribution in [0.3, 0.4) is 0 Å². The molecular weight excluding hydrogens is 371 g/mol. The van der Waals surface area contributed by atoms with Crippen LogP contribution in [0.25, 0.3) is 0 Å². The third-order valence-electron chi connectivity index (χ3n) is 3.34. The van der Waals surface area contributed by atoms with E-state index in [0.717, 1.165) is 5.75 Å². The van der Waals surface area contributed by atoms with Gasteiger partial charge in [-0.2, -0.15) is 0 Å². The van der Waals surface area contributed by atoms with Crippen LogP contribution in [0.5, 0.6) is 0 Å². The number of carbonyl (C=O) groups is 1. The molecule has 132 valence electrons. The van der Waals surface area contributed by atoms with Gasteiger partial charge in [0.05, 0.1) is 5.02 Å². The van der Waals surface area contributed by atoms with Crippen LogP contribution in [0.2, 0.25) is 5.02 Å². The Balaban J connectivity index is 2.18. The number of benzene rings is 2. The molecule has 0 saturated heterocycles. The Labute approximate surface area is 153 Å². The van der Waals surface area contributed by atoms with Gasteiger partial charge in [-0.3, -0.25) is 4.79 Å². The molecule has 2 aromatic carbocycles. The molecule has 1 N–H and O–H groups in total. The van der Waals surface area contributed by atoms with Crippen LogP contribution < -0.4 is 5.32 Å². The number of thioether (sulfide) groups is 1. The van der Waals surface area contributed by atoms with Crippen LogP contribution >= 0.6 is 23.4 Å². The molecule has 0 aliphatic rings. The summed E-state index contributed by atoms with van der Waals surface area (Å²) in [5.41, 5.74) is 0.0918. The summed E-state index contributed by atoms with van der Waals surface area (Å²) in [7, 11) is 0. The van der Waals surface area contributed by atoms with E-state index in [0.29, 0.717) is 22.1 Å². The van der Waals surface area contributed by atoms with Crippen molar-refractivity contribution in [1.29, 1.82) is 0 Å². The Morgan fingerprint density at radius 2 is 1.92 bits per heavy atom. The summed E-state index contributed by atoms with van der Waals surface area (Å²) in [6.45, 7) is 5.71. The maximum Gasteiger partial charge on any atom is 0.255 e. The van der Waals surface area contributed by atoms with Gasteiger partial charge in [-0.25, -0.2) is 13.2 Å². The SMILES string of the molecule is C=CC(C)CSc1cc(C(=O)Nc2cc(F)c(F)c(F)c2)ccc1Cl. The van der Waals surface area contributed by atoms with E-state index in [4.69, 9.17) is 11.6 Å². The molecule has 0 spiro atoms. The highest BCUT2D eigenvalue weighted by Gasteiger charge is 2.14. The van der Waals surface area contributed by atoms with Crippen molar-refractivity contribution < 1.29 is 18.0 Å². The fraction of sp³-hybridized carbons (Fsp3) is 0.167. The fourth-order valence-corrected chi connectivity index (χ4v) is 3.15. The van der Waals surface area contributed by atoms with Gasteiger partial charge in [0, 0.05) is 34.0 Å². The van der Waals surface area contributed by atoms with Gasteiger partial charge in [0.2, 0.25) is 0 Å². The molecular formula is C18H15ClF3NOS. The van der Waals surface area contributed by atoms with Gasteiger partial charge in [-0.15, -0.1) is 18.3 Å². The number of amides is 1. The van der Waals surface area contributed by atoms with E-state index in [1.54, 1.807) is 12.1 Å². The van der Waals surface area contributed by atoms with E-state index < -0.39 is 23.4 Å². The molecule has 0 aliphatic carbocycles. The summed E-state index contributed by atoms with van der Waals surface area (Å²) in [6, 6.07) is 6.09. The van der Waals surface area contributed by atoms with Crippen molar-refractivity contribution >= 4 is 35.0 Å². The zero-order valence-electron chi connectivity index (χ0n) is 13.3. The first kappa shape index (κ1) is 19.4. The van der Waals surface area contributed by atoms with Crippen molar-refractivity contribution in [2.45, 2.75) is 11.8 Å². The van der Waals surface area contributed by atoms with Crippen LogP contribution in [-0.4, -0.2) is 11.7 Å². The van der Waals surface area contributed by atoms with Crippen molar-refractivity contribution in [2.24, 2.45) is 5.92 Å². The number of allylic oxidation sites excluding steroid dienone is 1. The van der Waals surface area contributed by atoms with Gasteiger partial charge in [-0.1, -0.05) is 24.6 Å². The molecule has 2 aromatic rings. The molecule has 0 fully saturated rings. The molecule has 0 saturated carbocycles. The van der Waals surface area contributed by atoms with Crippen LogP contribution in [0.4, 0.5) is 18.9 Å². The Morgan fingerprint density at radius 3 is 2.52 bits per heavy atom. The maximum absolute atomic E-state index is 13.2. The lowest BCUT2D eigenvalue weighted by molar-refractivity contribution is 0.102. The lowest BCUT2D eigenvalue weighted by Gasteiger charge is -2.10. The first-order valence-electron chi connectivity index (χ1n) is 7.32. The summed E-state index contributed by atoms with van der Waals surface area (Å²) in [5.74, 6) is -3.91. The molecule has 25 heavy (non-hydrogen) atoms. The van der Waals surface area contributed by atoms with E-state index >= 15 is 0 Å². The van der Waals surface area contributed by atoms with Crippen molar-refractivity contribution in [3.63, 3.8) is 0 Å². The number of hydrogen-bond donors (Lipinski definition) is 1. The highest BCUT2D eigenvalue weighted by molar-refractivity contribution is 7.99. The quantitative estimate of drug-likeness (QED) is 0.379. The van der Waals surface area contributed by atoms with E-state index in [-0.39, 0.29) is 17.2 Å². The molecule has 0 aromatic heterocycles. The lowest BCUT2D eigenvalue weighted by Crippen LogP contribution is -2.13. The van der Waals surface area contributed by atoms with Crippen molar-refractivity contribution in [3.05, 3.63) is 71.0 Å². The Bertz CT molecular complexity index is 790. The summed E-state index contributed by atoms with van der Waals surface area (Å²) in [5, 5.41) is 2.83. The van der Waals surface area contributed by atoms with Crippen molar-refractivity contribution in [2.75, 3.05) is 11.1 Å². The molecule has 0 bridgehead atoms. The van der Waals surface area contributed by atoms with Gasteiger partial charge >= 0.3 is 0 Å². The average molecular weight is 386 g/mol. The van der Waals surface area contributed by atoms with Crippen LogP contribution in [0.1, 0.15) is 17.3 Å². The zero-order chi connectivity index (χ0) is 18.6. The number of nitrogens with one attached hydrogen (secondary N) is 1. The molecule has 1 atom stereocenters. The highest BCUT2D eigenvalue weighted by atomic mass is 35.5. The Morgan fingerprint density at radius 1 is 1.28 bits per heavy atom. The summed E-state index contributed by atoms with van der Waals surface area (Å²) < 4.78 is 39.4. The average Bonchev–Trinajstić information content (AvgIpc) is 2.58. The molecule has 0 aliphatic heterocycles. The first-order valence-corrected chi connectivity index (χ1v) is 8.69. The molecule has 7 heteroatoms. The normalized spacial score (nSPS) is 11.9. The number of halogens is 4. The second-order valence-electron chi connectivity index (χ2n) is 5.38. The van der Waals surface area contributed by atoms with Crippen LogP contribution in [-0.2, 0) is 0 Å². The molecule has 0 heterocycles. The zero-order valence-corrected chi connectivity index (χ0v) is 14.9. The number of rotatable bonds is 6. The Hall–Kier alpha value is -1.92. The number of carbonyl (C=O) groups excluding carboxylic acids is 1. The first-order chi connectivity index (χ1) is 11.8. The highest BCUT2D eigenvalue weighted by Crippen LogP contribution is 2.30. The smallest absolute Gasteiger partial charge is 0.255 e. The van der Waals surface area contributed by atoms with Crippen LogP contribution in [0, 0.1) is 23.4 Å². The third kappa shape index (κ3) is 5.03. The van der Waals surface area contributed by atoms with Gasteiger partial charge in [0.25, 0.3) is 5.91 Å². The summed E-state index contributed by atoms with van der Waals surface area (Å²) in [4.78, 5) is 13.0. The maximum atomic E-state index is 13.2. The van der Waals surface area contributed by atoms with E-state index in [2.05, 4.69) is 11.9 Å². The predicted molar refractivity (Wildman–Crippen MR) is 95.8 cm³/mol. The standard InChI is InChI=1S/C18H15ClF3NOS/c1-3-10(2)9-25-16-6-11(4-5-13(16)19)18(24)23-12-7-14(20)17(22)15(21)8-12/h3-8,10H,1,9H2,2H3,(H,23,24). The van der Waals surface area contributed by atoms with Gasteiger partial charge in [0.1, 0.15) is 0 Å². The topological polar surface area (TPSA) is 29.1 Å². The Kier molecular flexibility index (Phi) is 6.56. The number of anilines is 1. The molecule has 2 rings (SSSR count). The molecule has 0 radical (unpaired) electrons. The van der Waals surface area contributed by atoms with Crippen LogP contribution in [0.15, 0.2) is 47.9 Å². The number of hydrogen-bond acceptors (Lipinski definition) is 2. The predicted octanol–water partition coefficient (Wildman–Crippen LogP) is 5.92. The molecule has 2 nitrogen and oxygen atoms in total. The van der Waals surface area contributed by atoms with E-state index in [1.165, 1.54) is 17.8 Å².